The summed E-state index contributed by atoms with van der Waals surface area (Å²) >= 11 is 0. The van der Waals surface area contributed by atoms with Crippen molar-refractivity contribution in [3.8, 4) is 0 Å². The summed E-state index contributed by atoms with van der Waals surface area (Å²) in [5.74, 6) is -0.143. The Morgan fingerprint density at radius 1 is 1.28 bits per heavy atom. The van der Waals surface area contributed by atoms with Crippen LogP contribution in [-0.2, 0) is 9.53 Å². The second-order valence-electron chi connectivity index (χ2n) is 5.83. The van der Waals surface area contributed by atoms with Crippen LogP contribution in [0, 0.1) is 5.92 Å². The Labute approximate surface area is 111 Å². The number of ether oxygens (including phenoxy) is 1. The molecule has 0 heterocycles. The fourth-order valence-corrected chi connectivity index (χ4v) is 1.83. The molecule has 1 unspecified atom stereocenters. The van der Waals surface area contributed by atoms with Gasteiger partial charge in [0.2, 0.25) is 0 Å². The monoisotopic (exact) mass is 259 g/mol. The van der Waals surface area contributed by atoms with Crippen LogP contribution in [0.4, 0.5) is 0 Å². The summed E-state index contributed by atoms with van der Waals surface area (Å²) in [5.41, 5.74) is -0.852. The van der Waals surface area contributed by atoms with E-state index in [0.717, 1.165) is 19.4 Å². The first kappa shape index (κ1) is 17.4. The molecule has 18 heavy (non-hydrogen) atoms. The third kappa shape index (κ3) is 7.67. The van der Waals surface area contributed by atoms with Crippen molar-refractivity contribution in [2.45, 2.75) is 65.5 Å². The molecule has 0 aromatic heterocycles. The quantitative estimate of drug-likeness (QED) is 0.592. The number of carboxylic acid groups (broad SMARTS) is 1. The predicted molar refractivity (Wildman–Crippen MR) is 73.8 cm³/mol. The van der Waals surface area contributed by atoms with Gasteiger partial charge in [0.15, 0.2) is 0 Å². The lowest BCUT2D eigenvalue weighted by atomic mass is 9.95. The molecule has 108 valence electrons. The predicted octanol–water partition coefficient (Wildman–Crippen LogP) is 2.67. The van der Waals surface area contributed by atoms with E-state index in [1.54, 1.807) is 6.92 Å². The summed E-state index contributed by atoms with van der Waals surface area (Å²) in [4.78, 5) is 11.3. The molecule has 0 aromatic carbocycles. The lowest BCUT2D eigenvalue weighted by Gasteiger charge is -2.28. The maximum Gasteiger partial charge on any atom is 0.323 e. The van der Waals surface area contributed by atoms with Gasteiger partial charge in [-0.15, -0.1) is 0 Å². The number of nitrogens with one attached hydrogen (secondary N) is 1. The largest absolute Gasteiger partial charge is 0.480 e. The Morgan fingerprint density at radius 3 is 2.33 bits per heavy atom. The van der Waals surface area contributed by atoms with Crippen molar-refractivity contribution in [1.82, 2.24) is 5.32 Å². The third-order valence-electron chi connectivity index (χ3n) is 2.88. The second kappa shape index (κ2) is 8.48. The number of carboxylic acids is 1. The standard InChI is InChI=1S/C14H29NO3/c1-11(2)7-10-18-9-6-8-14(5,13(16)17)15-12(3)4/h11-12,15H,6-10H2,1-5H3,(H,16,17). The number of rotatable bonds is 10. The van der Waals surface area contributed by atoms with Crippen LogP contribution in [0.1, 0.15) is 53.9 Å². The van der Waals surface area contributed by atoms with Gasteiger partial charge < -0.3 is 9.84 Å². The van der Waals surface area contributed by atoms with Crippen LogP contribution in [0.25, 0.3) is 0 Å². The number of aliphatic carboxylic acids is 1. The normalized spacial score (nSPS) is 15.1. The first-order chi connectivity index (χ1) is 8.28. The molecule has 0 rings (SSSR count). The smallest absolute Gasteiger partial charge is 0.323 e. The molecule has 0 aliphatic rings. The topological polar surface area (TPSA) is 58.6 Å². The molecule has 2 N–H and O–H groups in total. The summed E-state index contributed by atoms with van der Waals surface area (Å²) in [6.45, 7) is 11.4. The maximum absolute atomic E-state index is 11.3. The van der Waals surface area contributed by atoms with Crippen LogP contribution in [0.3, 0.4) is 0 Å². The highest BCUT2D eigenvalue weighted by molar-refractivity contribution is 5.78. The highest BCUT2D eigenvalue weighted by Gasteiger charge is 2.32. The summed E-state index contributed by atoms with van der Waals surface area (Å²) in [6, 6.07) is 0.160. The van der Waals surface area contributed by atoms with Crippen LogP contribution in [-0.4, -0.2) is 35.9 Å². The molecule has 0 aliphatic carbocycles. The average Bonchev–Trinajstić information content (AvgIpc) is 2.21. The van der Waals surface area contributed by atoms with Gasteiger partial charge in [0.1, 0.15) is 5.54 Å². The van der Waals surface area contributed by atoms with Gasteiger partial charge in [-0.3, -0.25) is 10.1 Å². The van der Waals surface area contributed by atoms with E-state index in [1.807, 2.05) is 13.8 Å². The zero-order valence-electron chi connectivity index (χ0n) is 12.5. The van der Waals surface area contributed by atoms with E-state index in [2.05, 4.69) is 19.2 Å². The number of hydrogen-bond acceptors (Lipinski definition) is 3. The lowest BCUT2D eigenvalue weighted by molar-refractivity contribution is -0.144. The molecule has 0 radical (unpaired) electrons. The van der Waals surface area contributed by atoms with Crippen LogP contribution in [0.5, 0.6) is 0 Å². The Morgan fingerprint density at radius 2 is 1.89 bits per heavy atom. The molecule has 0 aliphatic heterocycles. The summed E-state index contributed by atoms with van der Waals surface area (Å²) in [7, 11) is 0. The maximum atomic E-state index is 11.3. The van der Waals surface area contributed by atoms with Crippen molar-refractivity contribution in [3.63, 3.8) is 0 Å². The van der Waals surface area contributed by atoms with E-state index in [1.165, 1.54) is 0 Å². The second-order valence-corrected chi connectivity index (χ2v) is 5.83. The molecule has 0 amide bonds. The Balaban J connectivity index is 3.88. The molecular formula is C14H29NO3. The Hall–Kier alpha value is -0.610. The van der Waals surface area contributed by atoms with E-state index in [4.69, 9.17) is 4.74 Å². The van der Waals surface area contributed by atoms with E-state index in [0.29, 0.717) is 18.9 Å². The van der Waals surface area contributed by atoms with Crippen LogP contribution >= 0.6 is 0 Å². The van der Waals surface area contributed by atoms with Crippen molar-refractivity contribution in [1.29, 1.82) is 0 Å². The molecule has 0 aromatic rings. The minimum atomic E-state index is -0.852. The zero-order chi connectivity index (χ0) is 14.2. The van der Waals surface area contributed by atoms with Gasteiger partial charge in [-0.05, 0) is 46.0 Å². The van der Waals surface area contributed by atoms with Gasteiger partial charge in [0, 0.05) is 19.3 Å². The Kier molecular flexibility index (Phi) is 8.20. The molecule has 0 saturated carbocycles. The van der Waals surface area contributed by atoms with Crippen molar-refractivity contribution in [3.05, 3.63) is 0 Å². The minimum Gasteiger partial charge on any atom is -0.480 e. The molecule has 4 heteroatoms. The van der Waals surface area contributed by atoms with Crippen molar-refractivity contribution in [2.24, 2.45) is 5.92 Å². The average molecular weight is 259 g/mol. The van der Waals surface area contributed by atoms with Crippen molar-refractivity contribution >= 4 is 5.97 Å². The van der Waals surface area contributed by atoms with Gasteiger partial charge in [-0.25, -0.2) is 0 Å². The van der Waals surface area contributed by atoms with E-state index in [9.17, 15) is 9.90 Å². The van der Waals surface area contributed by atoms with Gasteiger partial charge in [-0.2, -0.15) is 0 Å². The summed E-state index contributed by atoms with van der Waals surface area (Å²) in [5, 5.41) is 12.4. The van der Waals surface area contributed by atoms with Crippen LogP contribution in [0.15, 0.2) is 0 Å². The minimum absolute atomic E-state index is 0.160. The lowest BCUT2D eigenvalue weighted by Crippen LogP contribution is -2.52. The molecule has 0 fully saturated rings. The number of hydrogen-bond donors (Lipinski definition) is 2. The van der Waals surface area contributed by atoms with Gasteiger partial charge in [-0.1, -0.05) is 13.8 Å². The highest BCUT2D eigenvalue weighted by atomic mass is 16.5. The molecule has 1 atom stereocenters. The van der Waals surface area contributed by atoms with Gasteiger partial charge in [0.05, 0.1) is 0 Å². The van der Waals surface area contributed by atoms with E-state index < -0.39 is 11.5 Å². The summed E-state index contributed by atoms with van der Waals surface area (Å²) in [6.07, 6.45) is 2.41. The Bertz CT molecular complexity index is 241. The zero-order valence-corrected chi connectivity index (χ0v) is 12.5. The molecular weight excluding hydrogens is 230 g/mol. The molecule has 0 bridgehead atoms. The van der Waals surface area contributed by atoms with Crippen LogP contribution in [0.2, 0.25) is 0 Å². The molecule has 0 saturated heterocycles. The van der Waals surface area contributed by atoms with Crippen LogP contribution < -0.4 is 5.32 Å². The SMILES string of the molecule is CC(C)CCOCCCC(C)(NC(C)C)C(=O)O. The van der Waals surface area contributed by atoms with E-state index in [-0.39, 0.29) is 6.04 Å². The van der Waals surface area contributed by atoms with Gasteiger partial charge in [0.25, 0.3) is 0 Å². The summed E-state index contributed by atoms with van der Waals surface area (Å²) < 4.78 is 5.50. The van der Waals surface area contributed by atoms with Gasteiger partial charge >= 0.3 is 5.97 Å². The molecule has 4 nitrogen and oxygen atoms in total. The number of carbonyl (C=O) groups is 1. The van der Waals surface area contributed by atoms with Crippen molar-refractivity contribution < 1.29 is 14.6 Å². The van der Waals surface area contributed by atoms with E-state index >= 15 is 0 Å². The fourth-order valence-electron chi connectivity index (χ4n) is 1.83. The fraction of sp³-hybridized carbons (Fsp3) is 0.929. The van der Waals surface area contributed by atoms with Crippen molar-refractivity contribution in [2.75, 3.05) is 13.2 Å². The first-order valence-corrected chi connectivity index (χ1v) is 6.86. The third-order valence-corrected chi connectivity index (χ3v) is 2.88. The molecule has 0 spiro atoms. The first-order valence-electron chi connectivity index (χ1n) is 6.86. The highest BCUT2D eigenvalue weighted by Crippen LogP contribution is 2.14.